The molecule has 0 fully saturated rings. The number of hydrogen-bond acceptors (Lipinski definition) is 3. The number of guanidine groups is 1. The number of benzene rings is 1. The molecule has 0 aliphatic rings. The van der Waals surface area contributed by atoms with Crippen molar-refractivity contribution in [1.29, 1.82) is 0 Å². The van der Waals surface area contributed by atoms with E-state index in [2.05, 4.69) is 61.6 Å². The highest BCUT2D eigenvalue weighted by Crippen LogP contribution is 2.29. The van der Waals surface area contributed by atoms with E-state index in [0.717, 1.165) is 61.0 Å². The van der Waals surface area contributed by atoms with Crippen LogP contribution in [-0.4, -0.2) is 40.5 Å². The summed E-state index contributed by atoms with van der Waals surface area (Å²) in [6.07, 6.45) is 2.85. The van der Waals surface area contributed by atoms with Crippen LogP contribution in [-0.2, 0) is 6.54 Å². The van der Waals surface area contributed by atoms with Crippen molar-refractivity contribution in [3.05, 3.63) is 47.3 Å². The molecule has 0 spiro atoms. The fraction of sp³-hybridized carbons (Fsp3) is 0.565. The molecule has 6 nitrogen and oxygen atoms in total. The normalized spacial score (nSPS) is 12.3. The Morgan fingerprint density at radius 1 is 1.14 bits per heavy atom. The number of hydrogen-bond donors (Lipinski definition) is 3. The molecule has 2 rings (SSSR count). The number of rotatable bonds is 10. The van der Waals surface area contributed by atoms with Gasteiger partial charge in [0.25, 0.3) is 0 Å². The molecule has 0 atom stereocenters. The third kappa shape index (κ3) is 6.07. The number of aromatic nitrogens is 2. The first kappa shape index (κ1) is 22.9. The molecule has 3 N–H and O–H groups in total. The minimum absolute atomic E-state index is 0.0898. The molecule has 0 saturated heterocycles. The van der Waals surface area contributed by atoms with Crippen molar-refractivity contribution in [2.45, 2.75) is 60.4 Å². The highest BCUT2D eigenvalue weighted by Gasteiger charge is 2.25. The van der Waals surface area contributed by atoms with Crippen LogP contribution in [0.2, 0.25) is 0 Å². The summed E-state index contributed by atoms with van der Waals surface area (Å²) in [5.74, 6) is 0.805. The molecule has 1 aromatic heterocycles. The number of aliphatic hydroxyl groups is 1. The molecule has 6 heteroatoms. The molecule has 1 heterocycles. The van der Waals surface area contributed by atoms with E-state index in [1.165, 1.54) is 0 Å². The van der Waals surface area contributed by atoms with Gasteiger partial charge in [-0.15, -0.1) is 0 Å². The summed E-state index contributed by atoms with van der Waals surface area (Å²) in [5, 5.41) is 20.9. The van der Waals surface area contributed by atoms with Crippen LogP contribution in [0, 0.1) is 19.3 Å². The van der Waals surface area contributed by atoms with Gasteiger partial charge >= 0.3 is 0 Å². The summed E-state index contributed by atoms with van der Waals surface area (Å²) < 4.78 is 1.99. The van der Waals surface area contributed by atoms with E-state index in [-0.39, 0.29) is 12.0 Å². The number of nitrogens with one attached hydrogen (secondary N) is 2. The number of para-hydroxylation sites is 1. The molecule has 0 bridgehead atoms. The van der Waals surface area contributed by atoms with Crippen LogP contribution in [0.15, 0.2) is 35.3 Å². The molecule has 29 heavy (non-hydrogen) atoms. The van der Waals surface area contributed by atoms with Crippen molar-refractivity contribution in [3.63, 3.8) is 0 Å². The van der Waals surface area contributed by atoms with Gasteiger partial charge in [-0.3, -0.25) is 0 Å². The second-order valence-electron chi connectivity index (χ2n) is 7.70. The van der Waals surface area contributed by atoms with E-state index in [1.54, 1.807) is 0 Å². The minimum atomic E-state index is 0.0898. The highest BCUT2D eigenvalue weighted by atomic mass is 16.3. The van der Waals surface area contributed by atoms with Crippen LogP contribution in [0.25, 0.3) is 5.69 Å². The Morgan fingerprint density at radius 3 is 2.45 bits per heavy atom. The van der Waals surface area contributed by atoms with Crippen molar-refractivity contribution in [2.24, 2.45) is 10.4 Å². The van der Waals surface area contributed by atoms with Crippen molar-refractivity contribution >= 4 is 5.96 Å². The number of aliphatic hydroxyl groups excluding tert-OH is 1. The Bertz CT molecular complexity index is 792. The van der Waals surface area contributed by atoms with Gasteiger partial charge in [0.15, 0.2) is 5.96 Å². The molecule has 0 radical (unpaired) electrons. The first-order chi connectivity index (χ1) is 14.0. The fourth-order valence-electron chi connectivity index (χ4n) is 3.68. The number of nitrogens with zero attached hydrogens (tertiary/aromatic N) is 3. The van der Waals surface area contributed by atoms with Gasteiger partial charge in [0, 0.05) is 25.4 Å². The summed E-state index contributed by atoms with van der Waals surface area (Å²) in [5.41, 5.74) is 4.41. The highest BCUT2D eigenvalue weighted by molar-refractivity contribution is 5.79. The lowest BCUT2D eigenvalue weighted by molar-refractivity contribution is 0.169. The maximum absolute atomic E-state index is 9.47. The molecular formula is C23H37N5O. The zero-order chi connectivity index (χ0) is 21.3. The van der Waals surface area contributed by atoms with Gasteiger partial charge < -0.3 is 15.7 Å². The maximum atomic E-state index is 9.47. The van der Waals surface area contributed by atoms with E-state index < -0.39 is 0 Å². The van der Waals surface area contributed by atoms with Gasteiger partial charge in [0.05, 0.1) is 17.9 Å². The quantitative estimate of drug-likeness (QED) is 0.420. The van der Waals surface area contributed by atoms with Crippen molar-refractivity contribution < 1.29 is 5.11 Å². The zero-order valence-electron chi connectivity index (χ0n) is 18.6. The van der Waals surface area contributed by atoms with Gasteiger partial charge in [-0.2, -0.15) is 5.10 Å². The summed E-state index contributed by atoms with van der Waals surface area (Å²) in [7, 11) is 0. The van der Waals surface area contributed by atoms with Crippen LogP contribution >= 0.6 is 0 Å². The Hall–Kier alpha value is -2.34. The van der Waals surface area contributed by atoms with E-state index in [9.17, 15) is 5.11 Å². The molecule has 0 aliphatic carbocycles. The average molecular weight is 400 g/mol. The summed E-state index contributed by atoms with van der Waals surface area (Å²) in [4.78, 5) is 4.83. The SMILES string of the molecule is CCNC(=NCc1ccccc1-n1nc(C)cc1C)NCC(CC)(CC)CCO. The second kappa shape index (κ2) is 11.0. The van der Waals surface area contributed by atoms with Crippen molar-refractivity contribution in [1.82, 2.24) is 20.4 Å². The summed E-state index contributed by atoms with van der Waals surface area (Å²) >= 11 is 0. The Kier molecular flexibility index (Phi) is 8.70. The van der Waals surface area contributed by atoms with Gasteiger partial charge in [0.2, 0.25) is 0 Å². The van der Waals surface area contributed by atoms with E-state index >= 15 is 0 Å². The predicted octanol–water partition coefficient (Wildman–Crippen LogP) is 3.73. The molecule has 0 unspecified atom stereocenters. The summed E-state index contributed by atoms with van der Waals surface area (Å²) in [6.45, 7) is 12.9. The van der Waals surface area contributed by atoms with Crippen LogP contribution in [0.5, 0.6) is 0 Å². The Labute approximate surface area is 175 Å². The molecule has 160 valence electrons. The van der Waals surface area contributed by atoms with Gasteiger partial charge in [0.1, 0.15) is 0 Å². The van der Waals surface area contributed by atoms with E-state index in [0.29, 0.717) is 6.54 Å². The van der Waals surface area contributed by atoms with Crippen LogP contribution in [0.1, 0.15) is 57.0 Å². The van der Waals surface area contributed by atoms with Crippen LogP contribution < -0.4 is 10.6 Å². The second-order valence-corrected chi connectivity index (χ2v) is 7.70. The Morgan fingerprint density at radius 2 is 1.86 bits per heavy atom. The monoisotopic (exact) mass is 399 g/mol. The maximum Gasteiger partial charge on any atom is 0.191 e. The van der Waals surface area contributed by atoms with Gasteiger partial charge in [-0.1, -0.05) is 32.0 Å². The largest absolute Gasteiger partial charge is 0.396 e. The van der Waals surface area contributed by atoms with Crippen molar-refractivity contribution in [3.8, 4) is 5.69 Å². The molecule has 0 amide bonds. The molecule has 0 saturated carbocycles. The molecular weight excluding hydrogens is 362 g/mol. The van der Waals surface area contributed by atoms with E-state index in [1.807, 2.05) is 23.7 Å². The predicted molar refractivity (Wildman–Crippen MR) is 121 cm³/mol. The number of aryl methyl sites for hydroxylation is 2. The zero-order valence-corrected chi connectivity index (χ0v) is 18.6. The molecule has 1 aromatic carbocycles. The lowest BCUT2D eigenvalue weighted by atomic mass is 9.79. The van der Waals surface area contributed by atoms with Gasteiger partial charge in [-0.05, 0) is 63.1 Å². The van der Waals surface area contributed by atoms with Gasteiger partial charge in [-0.25, -0.2) is 9.67 Å². The third-order valence-corrected chi connectivity index (χ3v) is 5.75. The summed E-state index contributed by atoms with van der Waals surface area (Å²) in [6, 6.07) is 10.4. The molecule has 0 aliphatic heterocycles. The average Bonchev–Trinajstić information content (AvgIpc) is 3.07. The third-order valence-electron chi connectivity index (χ3n) is 5.75. The van der Waals surface area contributed by atoms with Crippen LogP contribution in [0.4, 0.5) is 0 Å². The van der Waals surface area contributed by atoms with Crippen molar-refractivity contribution in [2.75, 3.05) is 19.7 Å². The first-order valence-electron chi connectivity index (χ1n) is 10.7. The number of aliphatic imine (C=N–C) groups is 1. The minimum Gasteiger partial charge on any atom is -0.396 e. The first-order valence-corrected chi connectivity index (χ1v) is 10.7. The Balaban J connectivity index is 2.20. The topological polar surface area (TPSA) is 74.5 Å². The fourth-order valence-corrected chi connectivity index (χ4v) is 3.68. The molecule has 2 aromatic rings. The standard InChI is InChI=1S/C23H37N5O/c1-6-23(7-2,13-14-29)17-26-22(24-8-3)25-16-20-11-9-10-12-21(20)28-19(5)15-18(4)27-28/h9-12,15,29H,6-8,13-14,16-17H2,1-5H3,(H2,24,25,26). The lowest BCUT2D eigenvalue weighted by Crippen LogP contribution is -2.43. The van der Waals surface area contributed by atoms with E-state index in [4.69, 9.17) is 4.99 Å². The smallest absolute Gasteiger partial charge is 0.191 e. The van der Waals surface area contributed by atoms with Crippen LogP contribution in [0.3, 0.4) is 0 Å². The lowest BCUT2D eigenvalue weighted by Gasteiger charge is -2.32.